The van der Waals surface area contributed by atoms with Gasteiger partial charge in [-0.2, -0.15) is 0 Å². The highest BCUT2D eigenvalue weighted by Gasteiger charge is 2.48. The molecule has 5 rings (SSSR count). The molecule has 0 spiro atoms. The third kappa shape index (κ3) is 18.1. The van der Waals surface area contributed by atoms with Gasteiger partial charge in [-0.1, -0.05) is 89.6 Å². The summed E-state index contributed by atoms with van der Waals surface area (Å²) < 4.78 is 17.7. The number of benzene rings is 2. The second-order valence-electron chi connectivity index (χ2n) is 22.0. The van der Waals surface area contributed by atoms with Crippen molar-refractivity contribution >= 4 is 70.8 Å². The van der Waals surface area contributed by atoms with E-state index in [1.165, 1.54) is 20.1 Å². The number of hydroxylamine groups is 2. The number of halogens is 1. The molecule has 0 saturated carbocycles. The number of cyclic esters (lactones) is 1. The summed E-state index contributed by atoms with van der Waals surface area (Å²) in [6.07, 6.45) is 1.27. The van der Waals surface area contributed by atoms with Gasteiger partial charge in [-0.25, -0.2) is 9.59 Å². The maximum Gasteiger partial charge on any atom is 0.333 e. The number of hydrogen-bond donors (Lipinski definition) is 6. The molecule has 0 aromatic heterocycles. The molecule has 77 heavy (non-hydrogen) atoms. The Bertz CT molecular complexity index is 2550. The average Bonchev–Trinajstić information content (AvgIpc) is 4.12. The van der Waals surface area contributed by atoms with Gasteiger partial charge < -0.3 is 50.9 Å². The Hall–Kier alpha value is -6.87. The fraction of sp³-hybridized carbons (Fsp3) is 0.564. The Kier molecular flexibility index (Phi) is 21.3. The van der Waals surface area contributed by atoms with Crippen LogP contribution in [0, 0.1) is 22.7 Å². The predicted octanol–water partition coefficient (Wildman–Crippen LogP) is 4.13. The molecule has 0 aliphatic carbocycles. The van der Waals surface area contributed by atoms with Crippen LogP contribution in [0.1, 0.15) is 130 Å². The quantitative estimate of drug-likeness (QED) is 0.0656. The van der Waals surface area contributed by atoms with Gasteiger partial charge in [0, 0.05) is 57.5 Å². The number of carbonyl (C=O) groups is 10. The molecule has 420 valence electrons. The van der Waals surface area contributed by atoms with Crippen molar-refractivity contribution in [1.82, 2.24) is 37.0 Å². The molecule has 8 atom stereocenters. The summed E-state index contributed by atoms with van der Waals surface area (Å²) in [5.74, 6) is -6.18. The number of ether oxygens (including phenoxy) is 3. The van der Waals surface area contributed by atoms with Gasteiger partial charge in [0.1, 0.15) is 42.1 Å². The van der Waals surface area contributed by atoms with Crippen LogP contribution >= 0.6 is 11.6 Å². The molecule has 3 unspecified atom stereocenters. The highest BCUT2D eigenvalue weighted by atomic mass is 35.5. The molecule has 3 heterocycles. The number of amides is 8. The molecule has 0 bridgehead atoms. The van der Waals surface area contributed by atoms with Crippen LogP contribution in [-0.4, -0.2) is 114 Å². The van der Waals surface area contributed by atoms with Crippen LogP contribution in [0.25, 0.3) is 0 Å². The zero-order valence-electron chi connectivity index (χ0n) is 45.5. The molecule has 21 nitrogen and oxygen atoms in total. The number of nitrogens with one attached hydrogen (secondary N) is 6. The van der Waals surface area contributed by atoms with Gasteiger partial charge in [-0.05, 0) is 79.8 Å². The van der Waals surface area contributed by atoms with Gasteiger partial charge in [0.15, 0.2) is 0 Å². The molecule has 6 N–H and O–H groups in total. The Morgan fingerprint density at radius 3 is 2.16 bits per heavy atom. The number of nitrogens with zero attached hydrogens (tertiary/aromatic N) is 1. The topological polar surface area (TPSA) is 286 Å². The van der Waals surface area contributed by atoms with Crippen LogP contribution in [-0.2, 0) is 75.2 Å². The van der Waals surface area contributed by atoms with Gasteiger partial charge in [-0.3, -0.25) is 38.4 Å². The lowest BCUT2D eigenvalue weighted by Gasteiger charge is -2.32. The lowest BCUT2D eigenvalue weighted by atomic mass is 9.86. The number of imide groups is 1. The van der Waals surface area contributed by atoms with Gasteiger partial charge in [0.2, 0.25) is 35.4 Å². The monoisotopic (exact) mass is 1090 g/mol. The lowest BCUT2D eigenvalue weighted by molar-refractivity contribution is -0.197. The van der Waals surface area contributed by atoms with Crippen LogP contribution < -0.4 is 36.6 Å². The number of carbonyl (C=O) groups excluding carboxylic acids is 10. The summed E-state index contributed by atoms with van der Waals surface area (Å²) in [6.45, 7) is 16.0. The fourth-order valence-corrected chi connectivity index (χ4v) is 8.88. The Morgan fingerprint density at radius 2 is 1.53 bits per heavy atom. The molecule has 2 aromatic carbocycles. The second-order valence-corrected chi connectivity index (χ2v) is 22.4. The minimum absolute atomic E-state index is 0.0371. The second kappa shape index (κ2) is 26.9. The molecule has 2 saturated heterocycles. The Morgan fingerprint density at radius 1 is 0.870 bits per heavy atom. The average molecular weight is 1090 g/mol. The summed E-state index contributed by atoms with van der Waals surface area (Å²) in [5, 5.41) is 17.4. The van der Waals surface area contributed by atoms with E-state index in [-0.39, 0.29) is 76.5 Å². The fourth-order valence-electron chi connectivity index (χ4n) is 8.60. The molecule has 3 aliphatic heterocycles. The molecular formula is C55H74ClN7O14. The Labute approximate surface area is 454 Å². The minimum atomic E-state index is -1.18. The summed E-state index contributed by atoms with van der Waals surface area (Å²) in [5.41, 5.74) is 0.635. The smallest absolute Gasteiger partial charge is 0.333 e. The standard InChI is InChI=1S/C55H74ClN7O14/c1-30(2)46(62-42(65)15-12-16-45(68)77-63-43(66)23-24-44(63)67)51(71)59-32(4)49(69)57-28-33-17-20-35(21-18-33)48-47(76-48)31(3)39-13-11-14-41(64)60-37(26-34-19-22-40(74-10)36(56)25-34)50(70)58-29-55(8,9)53(73)61-38(52(72)75-39)27-54(5,6)7/h11,14,17-22,25,30-32,37-39,46-48H,12-13,15-16,23-24,26-29H2,1-10H3,(H,57,69)(H,58,70)(H,59,71)(H,60,64)(H,61,73)(H,62,65)/b14-11+/t31?,32?,37-,38+,39+,46?,47-,48-/m1/s1. The van der Waals surface area contributed by atoms with Gasteiger partial charge in [0.05, 0.1) is 23.7 Å². The summed E-state index contributed by atoms with van der Waals surface area (Å²) in [7, 11) is 1.49. The predicted molar refractivity (Wildman–Crippen MR) is 281 cm³/mol. The molecule has 8 amide bonds. The normalized spacial score (nSPS) is 22.8. The van der Waals surface area contributed by atoms with E-state index in [0.29, 0.717) is 21.4 Å². The van der Waals surface area contributed by atoms with Crippen molar-refractivity contribution in [3.05, 3.63) is 76.3 Å². The first-order valence-electron chi connectivity index (χ1n) is 25.9. The van der Waals surface area contributed by atoms with E-state index in [2.05, 4.69) is 31.9 Å². The number of esters is 1. The van der Waals surface area contributed by atoms with Crippen molar-refractivity contribution < 1.29 is 67.0 Å². The van der Waals surface area contributed by atoms with E-state index in [1.807, 2.05) is 52.0 Å². The van der Waals surface area contributed by atoms with E-state index in [4.69, 9.17) is 30.6 Å². The lowest BCUT2D eigenvalue weighted by Crippen LogP contribution is -2.54. The van der Waals surface area contributed by atoms with Crippen molar-refractivity contribution in [2.45, 2.75) is 163 Å². The van der Waals surface area contributed by atoms with Crippen LogP contribution in [0.15, 0.2) is 54.6 Å². The zero-order valence-corrected chi connectivity index (χ0v) is 46.3. The minimum Gasteiger partial charge on any atom is -0.495 e. The van der Waals surface area contributed by atoms with E-state index < -0.39 is 112 Å². The van der Waals surface area contributed by atoms with E-state index in [9.17, 15) is 47.9 Å². The highest BCUT2D eigenvalue weighted by molar-refractivity contribution is 6.32. The molecule has 2 aromatic rings. The van der Waals surface area contributed by atoms with Crippen LogP contribution in [0.5, 0.6) is 5.75 Å². The first-order chi connectivity index (χ1) is 36.2. The first kappa shape index (κ1) is 61.0. The van der Waals surface area contributed by atoms with Crippen LogP contribution in [0.2, 0.25) is 5.02 Å². The van der Waals surface area contributed by atoms with Crippen molar-refractivity contribution in [3.63, 3.8) is 0 Å². The van der Waals surface area contributed by atoms with Crippen molar-refractivity contribution in [2.24, 2.45) is 22.7 Å². The molecular weight excluding hydrogens is 1020 g/mol. The van der Waals surface area contributed by atoms with Crippen molar-refractivity contribution in [3.8, 4) is 5.75 Å². The van der Waals surface area contributed by atoms with Crippen LogP contribution in [0.3, 0.4) is 0 Å². The maximum atomic E-state index is 14.1. The molecule has 2 fully saturated rings. The first-order valence-corrected chi connectivity index (χ1v) is 26.3. The van der Waals surface area contributed by atoms with Crippen molar-refractivity contribution in [1.29, 1.82) is 0 Å². The number of hydrogen-bond acceptors (Lipinski definition) is 14. The van der Waals surface area contributed by atoms with E-state index in [0.717, 1.165) is 11.1 Å². The SMILES string of the molecule is COc1ccc(C[C@H]2NC(=O)/C=C/C[C@@H](C(C)[C@H]3O[C@@H]3c3ccc(CNC(=O)C(C)NC(=O)C(NC(=O)CCCC(=O)ON4C(=O)CCC4=O)C(C)C)cc3)OC(=O)[C@H](CC(C)(C)C)NC(=O)C(C)(C)CNC2=O)cc1Cl. The van der Waals surface area contributed by atoms with Crippen molar-refractivity contribution in [2.75, 3.05) is 13.7 Å². The Balaban J connectivity index is 1.19. The van der Waals surface area contributed by atoms with Crippen LogP contribution in [0.4, 0.5) is 0 Å². The third-order valence-electron chi connectivity index (χ3n) is 13.3. The number of rotatable bonds is 19. The highest BCUT2D eigenvalue weighted by Crippen LogP contribution is 2.45. The summed E-state index contributed by atoms with van der Waals surface area (Å²) in [4.78, 5) is 135. The van der Waals surface area contributed by atoms with E-state index in [1.54, 1.807) is 52.0 Å². The summed E-state index contributed by atoms with van der Waals surface area (Å²) in [6, 6.07) is 8.37. The molecule has 22 heteroatoms. The van der Waals surface area contributed by atoms with Gasteiger partial charge >= 0.3 is 11.9 Å². The largest absolute Gasteiger partial charge is 0.495 e. The zero-order chi connectivity index (χ0) is 56.9. The number of methoxy groups -OCH3 is 1. The third-order valence-corrected chi connectivity index (χ3v) is 13.6. The van der Waals surface area contributed by atoms with Gasteiger partial charge in [0.25, 0.3) is 11.8 Å². The molecule has 0 radical (unpaired) electrons. The van der Waals surface area contributed by atoms with Gasteiger partial charge in [-0.15, -0.1) is 5.06 Å². The number of epoxide rings is 1. The van der Waals surface area contributed by atoms with E-state index >= 15 is 0 Å². The maximum absolute atomic E-state index is 14.1. The summed E-state index contributed by atoms with van der Waals surface area (Å²) >= 11 is 6.38. The molecule has 3 aliphatic rings.